The maximum atomic E-state index is 10.9. The molecule has 5 heteroatoms. The summed E-state index contributed by atoms with van der Waals surface area (Å²) in [5.41, 5.74) is 4.06. The molecular weight excluding hydrogens is 685 g/mol. The Bertz CT molecular complexity index is 1660. The van der Waals surface area contributed by atoms with Crippen LogP contribution in [0.1, 0.15) is 154 Å². The van der Waals surface area contributed by atoms with E-state index in [0.29, 0.717) is 53.4 Å². The molecule has 2 heterocycles. The van der Waals surface area contributed by atoms with Gasteiger partial charge in [0.15, 0.2) is 0 Å². The Hall–Kier alpha value is -2.16. The number of nitriles is 1. The Morgan fingerprint density at radius 2 is 1.52 bits per heavy atom. The van der Waals surface area contributed by atoms with Gasteiger partial charge in [-0.1, -0.05) is 105 Å². The molecule has 0 aromatic carbocycles. The van der Waals surface area contributed by atoms with Gasteiger partial charge < -0.3 is 10.1 Å². The maximum Gasteiger partial charge on any atom is 0.106 e. The van der Waals surface area contributed by atoms with Gasteiger partial charge in [0.2, 0.25) is 0 Å². The zero-order valence-electron chi connectivity index (χ0n) is 34.5. The molecule has 0 aromatic rings. The minimum atomic E-state index is 0.177. The highest BCUT2D eigenvalue weighted by Gasteiger charge is 2.69. The van der Waals surface area contributed by atoms with Gasteiger partial charge in [-0.3, -0.25) is 10.3 Å². The molecule has 4 saturated carbocycles. The fourth-order valence-corrected chi connectivity index (χ4v) is 16.9. The smallest absolute Gasteiger partial charge is 0.106 e. The normalized spacial score (nSPS) is 48.8. The number of rotatable bonds is 4. The van der Waals surface area contributed by atoms with Crippen LogP contribution >= 0.6 is 0 Å². The lowest BCUT2D eigenvalue weighted by atomic mass is 9.45. The molecule has 1 saturated heterocycles. The van der Waals surface area contributed by atoms with Crippen LogP contribution in [0.2, 0.25) is 0 Å². The van der Waals surface area contributed by atoms with Crippen molar-refractivity contribution < 1.29 is 4.74 Å². The van der Waals surface area contributed by atoms with Crippen molar-refractivity contribution in [3.05, 3.63) is 47.6 Å². The van der Waals surface area contributed by atoms with Gasteiger partial charge in [0.1, 0.15) is 12.0 Å². The Balaban J connectivity index is 0.987. The first kappa shape index (κ1) is 36.9. The van der Waals surface area contributed by atoms with Crippen LogP contribution in [-0.2, 0) is 4.74 Å². The number of ether oxygens (including phenoxy) is 1. The van der Waals surface area contributed by atoms with Gasteiger partial charge in [0.05, 0.1) is 24.4 Å². The summed E-state index contributed by atoms with van der Waals surface area (Å²) in [6.07, 6.45) is 47.3. The van der Waals surface area contributed by atoms with Gasteiger partial charge in [-0.2, -0.15) is 5.26 Å². The van der Waals surface area contributed by atoms with Crippen molar-refractivity contribution >= 4 is 5.84 Å². The molecule has 1 spiro atoms. The molecule has 2 aliphatic heterocycles. The van der Waals surface area contributed by atoms with E-state index in [-0.39, 0.29) is 29.8 Å². The van der Waals surface area contributed by atoms with E-state index in [1.165, 1.54) is 147 Å². The molecule has 11 rings (SSSR count). The van der Waals surface area contributed by atoms with E-state index in [9.17, 15) is 5.26 Å². The molecule has 0 bridgehead atoms. The second kappa shape index (κ2) is 15.5. The number of amidine groups is 1. The number of nitrogens with one attached hydrogen (secondary N) is 2. The van der Waals surface area contributed by atoms with Gasteiger partial charge in [-0.15, -0.1) is 0 Å². The largest absolute Gasteiger partial charge is 0.370 e. The Morgan fingerprint density at radius 1 is 0.714 bits per heavy atom. The van der Waals surface area contributed by atoms with Crippen LogP contribution in [0.3, 0.4) is 0 Å². The third-order valence-electron chi connectivity index (χ3n) is 19.0. The van der Waals surface area contributed by atoms with Crippen molar-refractivity contribution in [1.82, 2.24) is 10.6 Å². The Labute approximate surface area is 339 Å². The average molecular weight is 757 g/mol. The zero-order valence-corrected chi connectivity index (χ0v) is 34.5. The van der Waals surface area contributed by atoms with Crippen molar-refractivity contribution in [1.29, 1.82) is 5.26 Å². The summed E-state index contributed by atoms with van der Waals surface area (Å²) in [5, 5.41) is 19.4. The van der Waals surface area contributed by atoms with Crippen LogP contribution in [0.15, 0.2) is 52.6 Å². The fraction of sp³-hybridized carbons (Fsp3) is 0.804. The third kappa shape index (κ3) is 6.05. The van der Waals surface area contributed by atoms with Gasteiger partial charge in [0.25, 0.3) is 0 Å². The van der Waals surface area contributed by atoms with Crippen molar-refractivity contribution in [2.75, 3.05) is 0 Å². The van der Waals surface area contributed by atoms with E-state index in [2.05, 4.69) is 53.2 Å². The molecule has 0 aromatic heterocycles. The molecule has 5 fully saturated rings. The number of hydrogen-bond acceptors (Lipinski definition) is 5. The molecule has 2 N–H and O–H groups in total. The molecule has 9 aliphatic carbocycles. The van der Waals surface area contributed by atoms with Crippen molar-refractivity contribution in [2.24, 2.45) is 81.4 Å². The van der Waals surface area contributed by atoms with E-state index in [1.807, 2.05) is 11.1 Å². The standard InChI is InChI=1S/C51H72N4O/c52-31-35-30-44-47(38-21-9-7-20-37(35)38)40-28-27-34(29-43(40)51(44)41-23-11-13-25-45(41)56-46-26-14-12-24-42(46)51)49-53-48(33-17-5-2-6-18-33)54-50(55-49)39-22-10-8-19-36(39)32-15-3-1-4-16-32/h2,5,10,13,22,25,32-39,41-42,44-47,49-50,55H,1,3-4,6-9,11-12,14-21,23-24,26-30H2,(H,53,54). The van der Waals surface area contributed by atoms with Crippen molar-refractivity contribution in [2.45, 2.75) is 179 Å². The highest BCUT2D eigenvalue weighted by Crippen LogP contribution is 2.74. The van der Waals surface area contributed by atoms with Crippen LogP contribution in [0.4, 0.5) is 0 Å². The molecule has 5 nitrogen and oxygen atoms in total. The zero-order chi connectivity index (χ0) is 37.2. The third-order valence-corrected chi connectivity index (χ3v) is 19.0. The molecule has 0 amide bonds. The first-order valence-corrected chi connectivity index (χ1v) is 24.6. The van der Waals surface area contributed by atoms with Gasteiger partial charge in [0, 0.05) is 23.2 Å². The number of nitrogens with zero attached hydrogens (tertiary/aromatic N) is 2. The summed E-state index contributed by atoms with van der Waals surface area (Å²) in [6.45, 7) is 0. The van der Waals surface area contributed by atoms with E-state index in [1.54, 1.807) is 0 Å². The number of allylic oxidation sites excluding steroid dienone is 6. The molecule has 56 heavy (non-hydrogen) atoms. The van der Waals surface area contributed by atoms with E-state index >= 15 is 0 Å². The van der Waals surface area contributed by atoms with Gasteiger partial charge in [-0.05, 0) is 150 Å². The predicted molar refractivity (Wildman–Crippen MR) is 225 cm³/mol. The van der Waals surface area contributed by atoms with Crippen LogP contribution < -0.4 is 10.6 Å². The first-order chi connectivity index (χ1) is 27.7. The number of hydrogen-bond donors (Lipinski definition) is 2. The Kier molecular flexibility index (Phi) is 10.2. The average Bonchev–Trinajstić information content (AvgIpc) is 3.56. The predicted octanol–water partition coefficient (Wildman–Crippen LogP) is 11.4. The maximum absolute atomic E-state index is 10.9. The summed E-state index contributed by atoms with van der Waals surface area (Å²) in [7, 11) is 0. The lowest BCUT2D eigenvalue weighted by molar-refractivity contribution is -0.203. The lowest BCUT2D eigenvalue weighted by Gasteiger charge is -2.62. The SMILES string of the molecule is N#CC1CC2C(C3=C(CC(C4N=C(C5CC=CCC5)NC(C5C=CCCC5C5CCCCC5)N4)CC3)C23C2CCC=CC2OC2CCCCC23)C2CCCCC12. The summed E-state index contributed by atoms with van der Waals surface area (Å²) >= 11 is 0. The minimum Gasteiger partial charge on any atom is -0.370 e. The second-order valence-corrected chi connectivity index (χ2v) is 21.2. The fourth-order valence-electron chi connectivity index (χ4n) is 16.9. The number of fused-ring (bicyclic) bond motifs is 10. The monoisotopic (exact) mass is 757 g/mol. The molecule has 302 valence electrons. The molecule has 16 unspecified atom stereocenters. The molecule has 11 aliphatic rings. The second-order valence-electron chi connectivity index (χ2n) is 21.2. The van der Waals surface area contributed by atoms with E-state index in [0.717, 1.165) is 30.6 Å². The van der Waals surface area contributed by atoms with E-state index in [4.69, 9.17) is 9.73 Å². The van der Waals surface area contributed by atoms with Crippen LogP contribution in [-0.4, -0.2) is 30.4 Å². The quantitative estimate of drug-likeness (QED) is 0.280. The highest BCUT2D eigenvalue weighted by atomic mass is 16.5. The Morgan fingerprint density at radius 3 is 2.39 bits per heavy atom. The number of aliphatic imine (C=N–C) groups is 1. The molecule has 0 radical (unpaired) electrons. The first-order valence-electron chi connectivity index (χ1n) is 24.6. The molecule has 16 atom stereocenters. The summed E-state index contributed by atoms with van der Waals surface area (Å²) in [5.74, 6) is 8.66. The van der Waals surface area contributed by atoms with Crippen LogP contribution in [0.5, 0.6) is 0 Å². The van der Waals surface area contributed by atoms with Crippen LogP contribution in [0.25, 0.3) is 0 Å². The highest BCUT2D eigenvalue weighted by molar-refractivity contribution is 5.86. The summed E-state index contributed by atoms with van der Waals surface area (Å²) < 4.78 is 7.24. The van der Waals surface area contributed by atoms with Gasteiger partial charge >= 0.3 is 0 Å². The summed E-state index contributed by atoms with van der Waals surface area (Å²) in [6, 6.07) is 3.01. The topological polar surface area (TPSA) is 69.4 Å². The van der Waals surface area contributed by atoms with E-state index < -0.39 is 0 Å². The van der Waals surface area contributed by atoms with Crippen molar-refractivity contribution in [3.8, 4) is 6.07 Å². The minimum absolute atomic E-state index is 0.177. The lowest BCUT2D eigenvalue weighted by Crippen LogP contribution is -2.62. The van der Waals surface area contributed by atoms with Gasteiger partial charge in [-0.25, -0.2) is 0 Å². The molecular formula is C51H72N4O. The van der Waals surface area contributed by atoms with Crippen molar-refractivity contribution in [3.63, 3.8) is 0 Å². The van der Waals surface area contributed by atoms with Crippen LogP contribution in [0, 0.1) is 87.8 Å². The summed E-state index contributed by atoms with van der Waals surface area (Å²) in [4.78, 5) is 5.84.